The molecule has 0 bridgehead atoms. The number of fused-ring (bicyclic) bond motifs is 1. The Kier molecular flexibility index (Phi) is 4.42. The Morgan fingerprint density at radius 3 is 3.08 bits per heavy atom. The number of ether oxygens (including phenoxy) is 1. The highest BCUT2D eigenvalue weighted by Crippen LogP contribution is 2.21. The van der Waals surface area contributed by atoms with Crippen LogP contribution in [0.15, 0.2) is 36.7 Å². The van der Waals surface area contributed by atoms with Gasteiger partial charge in [-0.25, -0.2) is 9.48 Å². The van der Waals surface area contributed by atoms with E-state index in [1.54, 1.807) is 10.9 Å². The van der Waals surface area contributed by atoms with E-state index in [0.29, 0.717) is 19.2 Å². The molecular weight excluding hydrogens is 318 g/mol. The predicted octanol–water partition coefficient (Wildman–Crippen LogP) is 1.73. The van der Waals surface area contributed by atoms with Crippen molar-refractivity contribution in [1.29, 1.82) is 0 Å². The fraction of sp³-hybridized carbons (Fsp3) is 0.444. The minimum Gasteiger partial charge on any atom is -0.378 e. The summed E-state index contributed by atoms with van der Waals surface area (Å²) in [6.45, 7) is 6.83. The van der Waals surface area contributed by atoms with E-state index < -0.39 is 0 Å². The van der Waals surface area contributed by atoms with Gasteiger partial charge in [0.15, 0.2) is 0 Å². The Morgan fingerprint density at radius 1 is 1.32 bits per heavy atom. The largest absolute Gasteiger partial charge is 0.378 e. The lowest BCUT2D eigenvalue weighted by Gasteiger charge is -2.43. The van der Waals surface area contributed by atoms with Crippen molar-refractivity contribution in [3.05, 3.63) is 42.2 Å². The van der Waals surface area contributed by atoms with Gasteiger partial charge in [-0.05, 0) is 30.7 Å². The predicted molar refractivity (Wildman–Crippen MR) is 95.1 cm³/mol. The van der Waals surface area contributed by atoms with Crippen LogP contribution in [0.5, 0.6) is 0 Å². The van der Waals surface area contributed by atoms with Crippen LogP contribution in [0.2, 0.25) is 0 Å². The highest BCUT2D eigenvalue weighted by molar-refractivity contribution is 5.90. The summed E-state index contributed by atoms with van der Waals surface area (Å²) in [5.41, 5.74) is 2.78. The van der Waals surface area contributed by atoms with Crippen LogP contribution in [0.1, 0.15) is 5.56 Å². The van der Waals surface area contributed by atoms with Crippen molar-refractivity contribution in [2.24, 2.45) is 0 Å². The minimum atomic E-state index is -0.0501. The van der Waals surface area contributed by atoms with Gasteiger partial charge in [-0.1, -0.05) is 6.07 Å². The van der Waals surface area contributed by atoms with Crippen molar-refractivity contribution < 1.29 is 9.53 Å². The van der Waals surface area contributed by atoms with Crippen molar-refractivity contribution in [2.45, 2.75) is 13.0 Å². The molecule has 7 heteroatoms. The summed E-state index contributed by atoms with van der Waals surface area (Å²) < 4.78 is 7.34. The molecule has 0 radical (unpaired) electrons. The molecule has 2 amide bonds. The number of amides is 2. The molecule has 1 aromatic heterocycles. The van der Waals surface area contributed by atoms with Gasteiger partial charge in [0.25, 0.3) is 0 Å². The smallest absolute Gasteiger partial charge is 0.321 e. The molecular formula is C18H23N5O2. The van der Waals surface area contributed by atoms with Crippen molar-refractivity contribution in [2.75, 3.05) is 44.7 Å². The van der Waals surface area contributed by atoms with Gasteiger partial charge in [0, 0.05) is 44.3 Å². The number of anilines is 1. The number of nitrogens with zero attached hydrogens (tertiary/aromatic N) is 4. The van der Waals surface area contributed by atoms with Gasteiger partial charge in [-0.3, -0.25) is 4.90 Å². The van der Waals surface area contributed by atoms with E-state index in [2.05, 4.69) is 15.3 Å². The van der Waals surface area contributed by atoms with Crippen LogP contribution >= 0.6 is 0 Å². The molecule has 1 aromatic carbocycles. The Hall–Kier alpha value is -2.38. The van der Waals surface area contributed by atoms with Crippen LogP contribution in [0, 0.1) is 6.92 Å². The second-order valence-electron chi connectivity index (χ2n) is 6.59. The maximum atomic E-state index is 12.7. The molecule has 2 fully saturated rings. The van der Waals surface area contributed by atoms with Gasteiger partial charge in [-0.15, -0.1) is 0 Å². The maximum Gasteiger partial charge on any atom is 0.321 e. The van der Waals surface area contributed by atoms with Crippen LogP contribution in [-0.2, 0) is 4.74 Å². The fourth-order valence-corrected chi connectivity index (χ4v) is 3.43. The molecule has 1 N–H and O–H groups in total. The Bertz CT molecular complexity index is 746. The van der Waals surface area contributed by atoms with E-state index in [4.69, 9.17) is 4.74 Å². The van der Waals surface area contributed by atoms with Crippen LogP contribution in [0.25, 0.3) is 5.69 Å². The monoisotopic (exact) mass is 341 g/mol. The second-order valence-corrected chi connectivity index (χ2v) is 6.59. The number of piperazine rings is 1. The van der Waals surface area contributed by atoms with E-state index in [-0.39, 0.29) is 6.03 Å². The lowest BCUT2D eigenvalue weighted by molar-refractivity contribution is -0.0355. The Morgan fingerprint density at radius 2 is 2.24 bits per heavy atom. The molecule has 4 rings (SSSR count). The molecule has 0 unspecified atom stereocenters. The summed E-state index contributed by atoms with van der Waals surface area (Å²) in [7, 11) is 0. The zero-order chi connectivity index (χ0) is 17.2. The lowest BCUT2D eigenvalue weighted by atomic mass is 10.1. The van der Waals surface area contributed by atoms with Crippen molar-refractivity contribution in [1.82, 2.24) is 19.6 Å². The van der Waals surface area contributed by atoms with Crippen LogP contribution in [0.4, 0.5) is 10.5 Å². The number of aromatic nitrogens is 2. The lowest BCUT2D eigenvalue weighted by Crippen LogP contribution is -2.59. The molecule has 2 aliphatic heterocycles. The topological polar surface area (TPSA) is 62.6 Å². The van der Waals surface area contributed by atoms with E-state index in [9.17, 15) is 4.79 Å². The molecule has 25 heavy (non-hydrogen) atoms. The van der Waals surface area contributed by atoms with Crippen LogP contribution in [0.3, 0.4) is 0 Å². The van der Waals surface area contributed by atoms with Crippen LogP contribution in [-0.4, -0.2) is 71.0 Å². The van der Waals surface area contributed by atoms with Gasteiger partial charge in [-0.2, -0.15) is 5.10 Å². The third-order valence-corrected chi connectivity index (χ3v) is 4.96. The standard InChI is InChI=1S/C18H23N5O2/c1-14-3-4-15(23-6-2-5-19-23)11-17(14)20-18(24)22-8-7-21-9-10-25-13-16(21)12-22/h2-6,11,16H,7-10,12-13H2,1H3,(H,20,24)/t16-/m1/s1. The molecule has 2 aliphatic rings. The highest BCUT2D eigenvalue weighted by atomic mass is 16.5. The number of aryl methyl sites for hydroxylation is 1. The summed E-state index contributed by atoms with van der Waals surface area (Å²) in [5, 5.41) is 7.31. The molecule has 0 aliphatic carbocycles. The molecule has 3 heterocycles. The van der Waals surface area contributed by atoms with Gasteiger partial charge in [0.2, 0.25) is 0 Å². The Labute approximate surface area is 147 Å². The molecule has 0 saturated carbocycles. The fourth-order valence-electron chi connectivity index (χ4n) is 3.43. The average molecular weight is 341 g/mol. The first-order valence-corrected chi connectivity index (χ1v) is 8.69. The summed E-state index contributed by atoms with van der Waals surface area (Å²) in [6.07, 6.45) is 3.63. The minimum absolute atomic E-state index is 0.0501. The van der Waals surface area contributed by atoms with Crippen LogP contribution < -0.4 is 5.32 Å². The number of nitrogens with one attached hydrogen (secondary N) is 1. The first-order valence-electron chi connectivity index (χ1n) is 8.69. The van der Waals surface area contributed by atoms with Gasteiger partial charge in [0.05, 0.1) is 24.9 Å². The number of rotatable bonds is 2. The quantitative estimate of drug-likeness (QED) is 0.904. The molecule has 0 spiro atoms. The van der Waals surface area contributed by atoms with E-state index in [1.807, 2.05) is 42.3 Å². The molecule has 2 aromatic rings. The zero-order valence-electron chi connectivity index (χ0n) is 14.4. The number of benzene rings is 1. The average Bonchev–Trinajstić information content (AvgIpc) is 3.18. The van der Waals surface area contributed by atoms with E-state index in [0.717, 1.165) is 43.2 Å². The van der Waals surface area contributed by atoms with Crippen molar-refractivity contribution >= 4 is 11.7 Å². The maximum absolute atomic E-state index is 12.7. The van der Waals surface area contributed by atoms with Gasteiger partial charge < -0.3 is 15.0 Å². The summed E-state index contributed by atoms with van der Waals surface area (Å²) in [4.78, 5) is 17.0. The third-order valence-electron chi connectivity index (χ3n) is 4.96. The first kappa shape index (κ1) is 16.1. The second kappa shape index (κ2) is 6.85. The molecule has 2 saturated heterocycles. The molecule has 7 nitrogen and oxygen atoms in total. The normalized spacial score (nSPS) is 21.0. The van der Waals surface area contributed by atoms with E-state index >= 15 is 0 Å². The number of morpholine rings is 1. The highest BCUT2D eigenvalue weighted by Gasteiger charge is 2.31. The summed E-state index contributed by atoms with van der Waals surface area (Å²) in [6, 6.07) is 8.09. The van der Waals surface area contributed by atoms with Gasteiger partial charge >= 0.3 is 6.03 Å². The van der Waals surface area contributed by atoms with Crippen molar-refractivity contribution in [3.8, 4) is 5.69 Å². The third kappa shape index (κ3) is 3.38. The molecule has 132 valence electrons. The first-order chi connectivity index (χ1) is 12.2. The number of hydrogen-bond donors (Lipinski definition) is 1. The number of urea groups is 1. The Balaban J connectivity index is 1.46. The number of hydrogen-bond acceptors (Lipinski definition) is 4. The van der Waals surface area contributed by atoms with Gasteiger partial charge in [0.1, 0.15) is 0 Å². The number of carbonyl (C=O) groups is 1. The summed E-state index contributed by atoms with van der Waals surface area (Å²) in [5.74, 6) is 0. The summed E-state index contributed by atoms with van der Waals surface area (Å²) >= 11 is 0. The molecule has 1 atom stereocenters. The SMILES string of the molecule is Cc1ccc(-n2cccn2)cc1NC(=O)N1CCN2CCOC[C@H]2C1. The van der Waals surface area contributed by atoms with E-state index in [1.165, 1.54) is 0 Å². The zero-order valence-corrected chi connectivity index (χ0v) is 14.4. The van der Waals surface area contributed by atoms with Crippen molar-refractivity contribution in [3.63, 3.8) is 0 Å². The number of carbonyl (C=O) groups excluding carboxylic acids is 1.